The number of benzene rings is 2. The van der Waals surface area contributed by atoms with Crippen molar-refractivity contribution in [1.82, 2.24) is 0 Å². The Morgan fingerprint density at radius 1 is 0.690 bits per heavy atom. The molecule has 2 aromatic carbocycles. The minimum absolute atomic E-state index is 0.102. The Bertz CT molecular complexity index is 970. The van der Waals surface area contributed by atoms with Crippen LogP contribution >= 0.6 is 0 Å². The van der Waals surface area contributed by atoms with Crippen LogP contribution in [0.1, 0.15) is 24.0 Å². The number of hydrogen-bond donors (Lipinski definition) is 0. The van der Waals surface area contributed by atoms with Crippen LogP contribution < -0.4 is 0 Å². The lowest BCUT2D eigenvalue weighted by atomic mass is 9.83. The lowest BCUT2D eigenvalue weighted by Gasteiger charge is -2.22. The van der Waals surface area contributed by atoms with Crippen LogP contribution in [0.3, 0.4) is 0 Å². The van der Waals surface area contributed by atoms with Crippen LogP contribution in [0.2, 0.25) is 0 Å². The number of ether oxygens (including phenoxy) is 2. The average Bonchev–Trinajstić information content (AvgIpc) is 3.16. The fourth-order valence-corrected chi connectivity index (χ4v) is 3.22. The van der Waals surface area contributed by atoms with Crippen molar-refractivity contribution in [2.45, 2.75) is 12.8 Å². The van der Waals surface area contributed by atoms with Gasteiger partial charge < -0.3 is 9.47 Å². The second-order valence-corrected chi connectivity index (χ2v) is 6.61. The summed E-state index contributed by atoms with van der Waals surface area (Å²) in [5.41, 5.74) is 1.51. The summed E-state index contributed by atoms with van der Waals surface area (Å²) < 4.78 is 9.84. The van der Waals surface area contributed by atoms with E-state index in [1.54, 1.807) is 0 Å². The van der Waals surface area contributed by atoms with Gasteiger partial charge in [0.05, 0.1) is 14.2 Å². The van der Waals surface area contributed by atoms with Gasteiger partial charge in [0.15, 0.2) is 5.41 Å². The quantitative estimate of drug-likeness (QED) is 0.452. The Kier molecular flexibility index (Phi) is 6.17. The largest absolute Gasteiger partial charge is 0.468 e. The summed E-state index contributed by atoms with van der Waals surface area (Å²) in [6.07, 6.45) is 0.204. The van der Waals surface area contributed by atoms with Crippen LogP contribution in [0.15, 0.2) is 71.8 Å². The van der Waals surface area contributed by atoms with E-state index in [1.807, 2.05) is 60.7 Å². The first-order chi connectivity index (χ1) is 14.1. The van der Waals surface area contributed by atoms with Crippen molar-refractivity contribution in [3.8, 4) is 23.7 Å². The number of carbonyl (C=O) groups is 2. The molecular weight excluding hydrogens is 364 g/mol. The van der Waals surface area contributed by atoms with Crippen molar-refractivity contribution in [2.24, 2.45) is 5.41 Å². The Morgan fingerprint density at radius 2 is 1.07 bits per heavy atom. The SMILES string of the molecule is COC(=O)C1(C(=O)OC)CC(C#Cc2ccccc2)=C(C#Cc2ccccc2)C1. The van der Waals surface area contributed by atoms with Gasteiger partial charge in [-0.15, -0.1) is 0 Å². The van der Waals surface area contributed by atoms with E-state index in [2.05, 4.69) is 23.7 Å². The molecule has 4 heteroatoms. The van der Waals surface area contributed by atoms with E-state index in [9.17, 15) is 9.59 Å². The number of hydrogen-bond acceptors (Lipinski definition) is 4. The van der Waals surface area contributed by atoms with Gasteiger partial charge in [-0.05, 0) is 24.3 Å². The first kappa shape index (κ1) is 20.0. The van der Waals surface area contributed by atoms with Gasteiger partial charge in [-0.25, -0.2) is 0 Å². The predicted molar refractivity (Wildman–Crippen MR) is 109 cm³/mol. The summed E-state index contributed by atoms with van der Waals surface area (Å²) >= 11 is 0. The molecule has 1 aliphatic rings. The van der Waals surface area contributed by atoms with Crippen molar-refractivity contribution < 1.29 is 19.1 Å². The topological polar surface area (TPSA) is 52.6 Å². The monoisotopic (exact) mass is 384 g/mol. The second kappa shape index (κ2) is 8.95. The van der Waals surface area contributed by atoms with E-state index >= 15 is 0 Å². The van der Waals surface area contributed by atoms with Gasteiger partial charge in [0.25, 0.3) is 0 Å². The molecule has 4 nitrogen and oxygen atoms in total. The molecule has 3 rings (SSSR count). The Labute approximate surface area is 170 Å². The minimum Gasteiger partial charge on any atom is -0.468 e. The van der Waals surface area contributed by atoms with Gasteiger partial charge >= 0.3 is 11.9 Å². The molecule has 0 N–H and O–H groups in total. The highest BCUT2D eigenvalue weighted by atomic mass is 16.5. The van der Waals surface area contributed by atoms with Gasteiger partial charge in [-0.3, -0.25) is 9.59 Å². The van der Waals surface area contributed by atoms with Crippen molar-refractivity contribution in [3.05, 3.63) is 82.9 Å². The molecule has 0 spiro atoms. The van der Waals surface area contributed by atoms with Gasteiger partial charge in [-0.1, -0.05) is 60.1 Å². The Balaban J connectivity index is 2.04. The van der Waals surface area contributed by atoms with E-state index in [4.69, 9.17) is 9.47 Å². The molecule has 2 aromatic rings. The lowest BCUT2D eigenvalue weighted by Crippen LogP contribution is -2.39. The molecule has 0 aromatic heterocycles. The summed E-state index contributed by atoms with van der Waals surface area (Å²) in [5, 5.41) is 0. The second-order valence-electron chi connectivity index (χ2n) is 6.61. The molecule has 0 saturated heterocycles. The smallest absolute Gasteiger partial charge is 0.323 e. The van der Waals surface area contributed by atoms with E-state index in [-0.39, 0.29) is 12.8 Å². The van der Waals surface area contributed by atoms with Gasteiger partial charge in [-0.2, -0.15) is 0 Å². The van der Waals surface area contributed by atoms with Crippen LogP contribution in [0.4, 0.5) is 0 Å². The summed E-state index contributed by atoms with van der Waals surface area (Å²) in [6.45, 7) is 0. The zero-order valence-corrected chi connectivity index (χ0v) is 16.3. The minimum atomic E-state index is -1.45. The molecule has 0 saturated carbocycles. The number of esters is 2. The van der Waals surface area contributed by atoms with Crippen LogP contribution in [0.5, 0.6) is 0 Å². The van der Waals surface area contributed by atoms with E-state index < -0.39 is 17.4 Å². The molecule has 0 radical (unpaired) electrons. The number of carbonyl (C=O) groups excluding carboxylic acids is 2. The van der Waals surface area contributed by atoms with Crippen LogP contribution in [-0.4, -0.2) is 26.2 Å². The van der Waals surface area contributed by atoms with E-state index in [0.717, 1.165) is 11.1 Å². The molecule has 0 atom stereocenters. The molecule has 0 aliphatic heterocycles. The molecule has 0 bridgehead atoms. The fourth-order valence-electron chi connectivity index (χ4n) is 3.22. The Hall–Kier alpha value is -3.76. The number of allylic oxidation sites excluding steroid dienone is 2. The Morgan fingerprint density at radius 3 is 1.41 bits per heavy atom. The van der Waals surface area contributed by atoms with Gasteiger partial charge in [0, 0.05) is 35.1 Å². The first-order valence-corrected chi connectivity index (χ1v) is 9.12. The maximum absolute atomic E-state index is 12.5. The maximum atomic E-state index is 12.5. The summed E-state index contributed by atoms with van der Waals surface area (Å²) in [5.74, 6) is 11.1. The van der Waals surface area contributed by atoms with E-state index in [0.29, 0.717) is 11.1 Å². The first-order valence-electron chi connectivity index (χ1n) is 9.12. The molecule has 0 heterocycles. The average molecular weight is 384 g/mol. The zero-order chi connectivity index (χ0) is 20.7. The molecule has 0 amide bonds. The van der Waals surface area contributed by atoms with Gasteiger partial charge in [0.2, 0.25) is 0 Å². The van der Waals surface area contributed by atoms with Gasteiger partial charge in [0.1, 0.15) is 0 Å². The third-order valence-electron chi connectivity index (χ3n) is 4.74. The van der Waals surface area contributed by atoms with Crippen LogP contribution in [-0.2, 0) is 19.1 Å². The molecule has 1 aliphatic carbocycles. The van der Waals surface area contributed by atoms with Crippen molar-refractivity contribution in [3.63, 3.8) is 0 Å². The van der Waals surface area contributed by atoms with Crippen molar-refractivity contribution in [2.75, 3.05) is 14.2 Å². The summed E-state index contributed by atoms with van der Waals surface area (Å²) in [4.78, 5) is 25.1. The molecule has 29 heavy (non-hydrogen) atoms. The molecule has 144 valence electrons. The van der Waals surface area contributed by atoms with Crippen molar-refractivity contribution in [1.29, 1.82) is 0 Å². The molecule has 0 fully saturated rings. The lowest BCUT2D eigenvalue weighted by molar-refractivity contribution is -0.168. The third-order valence-corrected chi connectivity index (χ3v) is 4.74. The predicted octanol–water partition coefficient (Wildman–Crippen LogP) is 3.51. The van der Waals surface area contributed by atoms with Crippen LogP contribution in [0.25, 0.3) is 0 Å². The molecule has 0 unspecified atom stereocenters. The summed E-state index contributed by atoms with van der Waals surface area (Å²) in [6, 6.07) is 19.0. The van der Waals surface area contributed by atoms with Crippen LogP contribution in [0, 0.1) is 29.1 Å². The third kappa shape index (κ3) is 4.39. The zero-order valence-electron chi connectivity index (χ0n) is 16.3. The number of methoxy groups -OCH3 is 2. The maximum Gasteiger partial charge on any atom is 0.323 e. The number of rotatable bonds is 2. The highest BCUT2D eigenvalue weighted by Gasteiger charge is 2.53. The van der Waals surface area contributed by atoms with Crippen molar-refractivity contribution >= 4 is 11.9 Å². The normalized spacial score (nSPS) is 14.1. The summed E-state index contributed by atoms with van der Waals surface area (Å²) in [7, 11) is 2.52. The fraction of sp³-hybridized carbons (Fsp3) is 0.200. The highest BCUT2D eigenvalue weighted by molar-refractivity contribution is 6.02. The van der Waals surface area contributed by atoms with E-state index in [1.165, 1.54) is 14.2 Å². The highest BCUT2D eigenvalue weighted by Crippen LogP contribution is 2.43. The molecular formula is C25H20O4. The standard InChI is InChI=1S/C25H20O4/c1-28-23(26)25(24(27)29-2)17-21(15-13-19-9-5-3-6-10-19)22(18-25)16-14-20-11-7-4-8-12-20/h3-12H,17-18H2,1-2H3.